The lowest BCUT2D eigenvalue weighted by molar-refractivity contribution is 0.101. The van der Waals surface area contributed by atoms with Crippen LogP contribution in [0, 0.1) is 11.6 Å². The van der Waals surface area contributed by atoms with E-state index < -0.39 is 23.1 Å². The van der Waals surface area contributed by atoms with Gasteiger partial charge in [0, 0.05) is 33.4 Å². The number of anilines is 1. The Kier molecular flexibility index (Phi) is 5.33. The van der Waals surface area contributed by atoms with Crippen LogP contribution in [-0.2, 0) is 0 Å². The molecule has 0 atom stereocenters. The highest BCUT2D eigenvalue weighted by molar-refractivity contribution is 7.13. The maximum Gasteiger partial charge on any atom is 0.261 e. The first-order valence-electron chi connectivity index (χ1n) is 8.43. The highest BCUT2D eigenvalue weighted by Crippen LogP contribution is 2.33. The van der Waals surface area contributed by atoms with E-state index in [-0.39, 0.29) is 0 Å². The van der Waals surface area contributed by atoms with Gasteiger partial charge < -0.3 is 5.32 Å². The summed E-state index contributed by atoms with van der Waals surface area (Å²) in [7, 11) is 0. The molecule has 0 fully saturated rings. The van der Waals surface area contributed by atoms with Gasteiger partial charge in [-0.15, -0.1) is 11.3 Å². The second kappa shape index (κ2) is 8.06. The molecule has 0 spiro atoms. The standard InChI is InChI=1S/C21H12ClF2N3OS/c22-16-6-3-13(21-26-7-8-29-21)9-15(16)12-1-4-14(5-2-12)27-20(28)19-17(23)10-25-11-18(19)24/h1-11H,(H,27,28). The average Bonchev–Trinajstić information content (AvgIpc) is 3.24. The van der Waals surface area contributed by atoms with Gasteiger partial charge >= 0.3 is 0 Å². The second-order valence-electron chi connectivity index (χ2n) is 6.04. The van der Waals surface area contributed by atoms with Gasteiger partial charge in [0.05, 0.1) is 12.4 Å². The van der Waals surface area contributed by atoms with E-state index in [9.17, 15) is 13.6 Å². The molecule has 4 rings (SSSR count). The fourth-order valence-electron chi connectivity index (χ4n) is 2.80. The molecule has 0 aliphatic heterocycles. The fourth-order valence-corrected chi connectivity index (χ4v) is 3.66. The smallest absolute Gasteiger partial charge is 0.261 e. The predicted molar refractivity (Wildman–Crippen MR) is 110 cm³/mol. The SMILES string of the molecule is O=C(Nc1ccc(-c2cc(-c3nccs3)ccc2Cl)cc1)c1c(F)cncc1F. The number of carbonyl (C=O) groups is 1. The molecule has 0 saturated heterocycles. The Labute approximate surface area is 173 Å². The van der Waals surface area contributed by atoms with Crippen LogP contribution in [0.4, 0.5) is 14.5 Å². The largest absolute Gasteiger partial charge is 0.322 e. The molecule has 1 N–H and O–H groups in total. The fraction of sp³-hybridized carbons (Fsp3) is 0. The molecule has 0 bridgehead atoms. The highest BCUT2D eigenvalue weighted by atomic mass is 35.5. The summed E-state index contributed by atoms with van der Waals surface area (Å²) in [5.74, 6) is -2.94. The number of hydrogen-bond acceptors (Lipinski definition) is 4. The van der Waals surface area contributed by atoms with Crippen LogP contribution >= 0.6 is 22.9 Å². The Bertz CT molecular complexity index is 1160. The summed E-state index contributed by atoms with van der Waals surface area (Å²) in [6, 6.07) is 12.4. The number of thiazole rings is 1. The van der Waals surface area contributed by atoms with E-state index in [1.165, 1.54) is 11.3 Å². The molecule has 4 nitrogen and oxygen atoms in total. The summed E-state index contributed by atoms with van der Waals surface area (Å²) in [6.45, 7) is 0. The molecule has 0 aliphatic rings. The third-order valence-electron chi connectivity index (χ3n) is 4.18. The minimum Gasteiger partial charge on any atom is -0.322 e. The summed E-state index contributed by atoms with van der Waals surface area (Å²) in [5.41, 5.74) is 2.29. The number of carbonyl (C=O) groups excluding carboxylic acids is 1. The van der Waals surface area contributed by atoms with Crippen LogP contribution < -0.4 is 5.32 Å². The number of hydrogen-bond donors (Lipinski definition) is 1. The lowest BCUT2D eigenvalue weighted by Gasteiger charge is -2.10. The number of pyridine rings is 1. The number of nitrogens with one attached hydrogen (secondary N) is 1. The van der Waals surface area contributed by atoms with Crippen LogP contribution in [0.15, 0.2) is 66.4 Å². The van der Waals surface area contributed by atoms with Crippen LogP contribution in [0.3, 0.4) is 0 Å². The van der Waals surface area contributed by atoms with Crippen molar-refractivity contribution in [3.05, 3.63) is 88.7 Å². The topological polar surface area (TPSA) is 54.9 Å². The molecule has 144 valence electrons. The van der Waals surface area contributed by atoms with Crippen molar-refractivity contribution in [2.75, 3.05) is 5.32 Å². The van der Waals surface area contributed by atoms with Crippen molar-refractivity contribution in [3.63, 3.8) is 0 Å². The molecule has 2 heterocycles. The molecular weight excluding hydrogens is 416 g/mol. The summed E-state index contributed by atoms with van der Waals surface area (Å²) in [5, 5.41) is 5.83. The Morgan fingerprint density at radius 1 is 1.00 bits per heavy atom. The van der Waals surface area contributed by atoms with Gasteiger partial charge in [0.25, 0.3) is 5.91 Å². The van der Waals surface area contributed by atoms with E-state index >= 15 is 0 Å². The molecule has 0 unspecified atom stereocenters. The normalized spacial score (nSPS) is 10.7. The summed E-state index contributed by atoms with van der Waals surface area (Å²) < 4.78 is 27.4. The maximum atomic E-state index is 13.7. The molecule has 2 aromatic carbocycles. The lowest BCUT2D eigenvalue weighted by atomic mass is 10.0. The van der Waals surface area contributed by atoms with E-state index in [0.717, 1.165) is 34.1 Å². The van der Waals surface area contributed by atoms with Crippen molar-refractivity contribution >= 4 is 34.5 Å². The number of aromatic nitrogens is 2. The van der Waals surface area contributed by atoms with E-state index in [1.807, 2.05) is 17.5 Å². The zero-order valence-corrected chi connectivity index (χ0v) is 16.3. The van der Waals surface area contributed by atoms with Crippen molar-refractivity contribution in [3.8, 4) is 21.7 Å². The van der Waals surface area contributed by atoms with Crippen molar-refractivity contribution < 1.29 is 13.6 Å². The van der Waals surface area contributed by atoms with Crippen molar-refractivity contribution in [1.82, 2.24) is 9.97 Å². The summed E-state index contributed by atoms with van der Waals surface area (Å²) >= 11 is 7.88. The van der Waals surface area contributed by atoms with Gasteiger partial charge in [0.1, 0.15) is 10.6 Å². The quantitative estimate of drug-likeness (QED) is 0.431. The third kappa shape index (κ3) is 4.01. The van der Waals surface area contributed by atoms with Crippen molar-refractivity contribution in [2.45, 2.75) is 0 Å². The van der Waals surface area contributed by atoms with Gasteiger partial charge in [-0.25, -0.2) is 13.8 Å². The molecule has 2 aromatic heterocycles. The van der Waals surface area contributed by atoms with Crippen LogP contribution in [0.25, 0.3) is 21.7 Å². The van der Waals surface area contributed by atoms with Crippen LogP contribution in [0.5, 0.6) is 0 Å². The highest BCUT2D eigenvalue weighted by Gasteiger charge is 2.18. The number of amides is 1. The minimum absolute atomic E-state index is 0.390. The van der Waals surface area contributed by atoms with E-state index in [1.54, 1.807) is 36.5 Å². The van der Waals surface area contributed by atoms with Gasteiger partial charge in [-0.3, -0.25) is 9.78 Å². The molecule has 0 saturated carbocycles. The monoisotopic (exact) mass is 427 g/mol. The summed E-state index contributed by atoms with van der Waals surface area (Å²) in [4.78, 5) is 19.9. The maximum absolute atomic E-state index is 13.7. The zero-order chi connectivity index (χ0) is 20.4. The molecule has 29 heavy (non-hydrogen) atoms. The number of rotatable bonds is 4. The van der Waals surface area contributed by atoms with Gasteiger partial charge in [-0.2, -0.15) is 0 Å². The molecular formula is C21H12ClF2N3OS. The van der Waals surface area contributed by atoms with Crippen LogP contribution in [0.1, 0.15) is 10.4 Å². The molecule has 8 heteroatoms. The van der Waals surface area contributed by atoms with Crippen molar-refractivity contribution in [2.24, 2.45) is 0 Å². The number of halogens is 3. The number of benzene rings is 2. The first-order valence-corrected chi connectivity index (χ1v) is 9.69. The second-order valence-corrected chi connectivity index (χ2v) is 7.34. The van der Waals surface area contributed by atoms with E-state index in [0.29, 0.717) is 10.7 Å². The van der Waals surface area contributed by atoms with Gasteiger partial charge in [0.15, 0.2) is 11.6 Å². The van der Waals surface area contributed by atoms with Gasteiger partial charge in [0.2, 0.25) is 0 Å². The van der Waals surface area contributed by atoms with Crippen LogP contribution in [0.2, 0.25) is 5.02 Å². The lowest BCUT2D eigenvalue weighted by Crippen LogP contribution is -2.16. The Morgan fingerprint density at radius 2 is 1.69 bits per heavy atom. The average molecular weight is 428 g/mol. The minimum atomic E-state index is -1.02. The predicted octanol–water partition coefficient (Wildman–Crippen LogP) is 6.06. The van der Waals surface area contributed by atoms with Crippen LogP contribution in [-0.4, -0.2) is 15.9 Å². The zero-order valence-electron chi connectivity index (χ0n) is 14.7. The van der Waals surface area contributed by atoms with Gasteiger partial charge in [-0.05, 0) is 29.8 Å². The Hall–Kier alpha value is -3.16. The van der Waals surface area contributed by atoms with Gasteiger partial charge in [-0.1, -0.05) is 29.8 Å². The van der Waals surface area contributed by atoms with E-state index in [4.69, 9.17) is 11.6 Å². The Morgan fingerprint density at radius 3 is 2.34 bits per heavy atom. The first kappa shape index (κ1) is 19.2. The Balaban J connectivity index is 1.59. The third-order valence-corrected chi connectivity index (χ3v) is 5.33. The van der Waals surface area contributed by atoms with E-state index in [2.05, 4.69) is 15.3 Å². The number of nitrogens with zero attached hydrogens (tertiary/aromatic N) is 2. The van der Waals surface area contributed by atoms with Crippen molar-refractivity contribution in [1.29, 1.82) is 0 Å². The molecule has 0 aliphatic carbocycles. The molecule has 1 amide bonds. The molecule has 4 aromatic rings. The molecule has 0 radical (unpaired) electrons. The summed E-state index contributed by atoms with van der Waals surface area (Å²) in [6.07, 6.45) is 3.32. The first-order chi connectivity index (χ1) is 14.0.